The first-order valence-corrected chi connectivity index (χ1v) is 31.1. The van der Waals surface area contributed by atoms with Crippen LogP contribution in [-0.4, -0.2) is 109 Å². The SMILES string of the molecule is CCN(CC)c1cc(Nc2nc(Nc3cc(N(CC)CC)c(OC)cc3N=Nc3ccc(-c4nc5ccc(C)c(S(=O)(=O)O)c5s4)cc3)nc(SCCO)n2)c(N=Nc2ccc(-c3nc4ccc(C)c(S(=O)(=O)O)c4s3)cc2)cc1OC. The molecule has 0 atom stereocenters. The Hall–Kier alpha value is -7.76. The molecule has 9 aromatic rings. The highest BCUT2D eigenvalue weighted by Gasteiger charge is 2.24. The number of aliphatic hydroxyl groups is 1. The fourth-order valence-corrected chi connectivity index (χ4v) is 14.1. The lowest BCUT2D eigenvalue weighted by Gasteiger charge is -2.25. The number of aromatic nitrogens is 5. The number of anilines is 6. The molecule has 0 unspecified atom stereocenters. The molecule has 0 aliphatic rings. The van der Waals surface area contributed by atoms with E-state index in [1.165, 1.54) is 11.8 Å². The van der Waals surface area contributed by atoms with Crippen LogP contribution in [0.2, 0.25) is 0 Å². The molecule has 0 aliphatic carbocycles. The topological polar surface area (TPSA) is 292 Å². The average molecular weight is 1200 g/mol. The van der Waals surface area contributed by atoms with E-state index in [2.05, 4.69) is 40.6 Å². The number of aliphatic hydroxyl groups excluding tert-OH is 1. The number of fused-ring (bicyclic) bond motifs is 2. The molecular weight excluding hydrogens is 1150 g/mol. The van der Waals surface area contributed by atoms with Gasteiger partial charge in [-0.3, -0.25) is 9.11 Å². The number of thiazole rings is 2. The van der Waals surface area contributed by atoms with E-state index in [-0.39, 0.29) is 34.0 Å². The number of thioether (sulfide) groups is 1. The Bertz CT molecular complexity index is 3860. The van der Waals surface area contributed by atoms with Gasteiger partial charge >= 0.3 is 0 Å². The molecule has 6 aromatic carbocycles. The Morgan fingerprint density at radius 2 is 0.963 bits per heavy atom. The molecule has 0 fully saturated rings. The number of nitrogens with zero attached hydrogens (tertiary/aromatic N) is 11. The van der Waals surface area contributed by atoms with E-state index in [4.69, 9.17) is 34.7 Å². The van der Waals surface area contributed by atoms with Gasteiger partial charge in [-0.2, -0.15) is 42.0 Å². The van der Waals surface area contributed by atoms with Crippen molar-refractivity contribution in [1.82, 2.24) is 24.9 Å². The van der Waals surface area contributed by atoms with Crippen molar-refractivity contribution in [3.05, 3.63) is 108 Å². The maximum Gasteiger partial charge on any atom is 0.296 e. The number of ether oxygens (including phenoxy) is 2. The van der Waals surface area contributed by atoms with Crippen LogP contribution < -0.4 is 29.9 Å². The van der Waals surface area contributed by atoms with E-state index in [9.17, 15) is 31.0 Å². The first kappa shape index (κ1) is 58.9. The van der Waals surface area contributed by atoms with Crippen molar-refractivity contribution in [1.29, 1.82) is 0 Å². The summed E-state index contributed by atoms with van der Waals surface area (Å²) < 4.78 is 81.7. The smallest absolute Gasteiger partial charge is 0.296 e. The van der Waals surface area contributed by atoms with E-state index in [1.807, 2.05) is 39.8 Å². The van der Waals surface area contributed by atoms with Crippen molar-refractivity contribution in [2.24, 2.45) is 20.5 Å². The normalized spacial score (nSPS) is 12.0. The van der Waals surface area contributed by atoms with E-state index in [1.54, 1.807) is 113 Å². The monoisotopic (exact) mass is 1200 g/mol. The zero-order chi connectivity index (χ0) is 58.5. The van der Waals surface area contributed by atoms with E-state index < -0.39 is 20.2 Å². The maximum absolute atomic E-state index is 12.3. The van der Waals surface area contributed by atoms with Crippen LogP contribution in [0.1, 0.15) is 38.8 Å². The maximum atomic E-state index is 12.3. The minimum absolute atomic E-state index is 0.135. The van der Waals surface area contributed by atoms with Crippen LogP contribution >= 0.6 is 34.4 Å². The molecule has 0 spiro atoms. The largest absolute Gasteiger partial charge is 0.494 e. The van der Waals surface area contributed by atoms with Gasteiger partial charge in [0.1, 0.15) is 42.7 Å². The third-order valence-corrected chi connectivity index (χ3v) is 18.4. The molecule has 27 heteroatoms. The number of benzene rings is 6. The van der Waals surface area contributed by atoms with Gasteiger partial charge in [0, 0.05) is 55.2 Å². The third kappa shape index (κ3) is 13.0. The molecule has 0 saturated carbocycles. The summed E-state index contributed by atoms with van der Waals surface area (Å²) in [7, 11) is -5.81. The number of hydrogen-bond acceptors (Lipinski definition) is 23. The lowest BCUT2D eigenvalue weighted by Crippen LogP contribution is -2.22. The van der Waals surface area contributed by atoms with Crippen LogP contribution in [0.15, 0.2) is 132 Å². The quantitative estimate of drug-likeness (QED) is 0.0226. The number of azo groups is 2. The van der Waals surface area contributed by atoms with Gasteiger partial charge in [0.05, 0.1) is 75.4 Å². The first-order valence-electron chi connectivity index (χ1n) is 25.6. The molecule has 3 aromatic heterocycles. The zero-order valence-corrected chi connectivity index (χ0v) is 49.8. The van der Waals surface area contributed by atoms with Gasteiger partial charge < -0.3 is 35.0 Å². The van der Waals surface area contributed by atoms with Crippen molar-refractivity contribution < 1.29 is 40.5 Å². The summed E-state index contributed by atoms with van der Waals surface area (Å²) in [5, 5.41) is 36.7. The van der Waals surface area contributed by atoms with Crippen LogP contribution in [0.5, 0.6) is 11.5 Å². The summed E-state index contributed by atoms with van der Waals surface area (Å²) in [6.45, 7) is 13.9. The third-order valence-electron chi connectivity index (χ3n) is 12.9. The molecule has 0 saturated heterocycles. The van der Waals surface area contributed by atoms with Gasteiger partial charge in [0.2, 0.25) is 11.9 Å². The molecule has 5 N–H and O–H groups in total. The highest BCUT2D eigenvalue weighted by Crippen LogP contribution is 2.44. The average Bonchev–Trinajstić information content (AvgIpc) is 4.16. The molecule has 426 valence electrons. The number of aryl methyl sites for hydroxylation is 2. The van der Waals surface area contributed by atoms with Gasteiger partial charge in [-0.05, 0) is 125 Å². The number of rotatable bonds is 23. The second kappa shape index (κ2) is 25.2. The van der Waals surface area contributed by atoms with Gasteiger partial charge in [0.25, 0.3) is 20.2 Å². The number of methoxy groups -OCH3 is 2. The van der Waals surface area contributed by atoms with Crippen molar-refractivity contribution in [2.75, 3.05) is 73.2 Å². The molecule has 0 bridgehead atoms. The van der Waals surface area contributed by atoms with Crippen molar-refractivity contribution >= 4 is 133 Å². The molecule has 0 amide bonds. The Morgan fingerprint density at radius 1 is 0.561 bits per heavy atom. The molecule has 3 heterocycles. The Balaban J connectivity index is 1.06. The van der Waals surface area contributed by atoms with Crippen LogP contribution in [0.3, 0.4) is 0 Å². The molecule has 0 radical (unpaired) electrons. The molecule has 0 aliphatic heterocycles. The lowest BCUT2D eigenvalue weighted by atomic mass is 10.2. The molecule has 22 nitrogen and oxygen atoms in total. The zero-order valence-electron chi connectivity index (χ0n) is 45.7. The number of hydrogen-bond donors (Lipinski definition) is 5. The minimum Gasteiger partial charge on any atom is -0.494 e. The predicted molar refractivity (Wildman–Crippen MR) is 325 cm³/mol. The Kier molecular flexibility index (Phi) is 18.1. The fraction of sp³-hybridized carbons (Fsp3) is 0.255. The summed E-state index contributed by atoms with van der Waals surface area (Å²) in [5.74, 6) is 1.66. The van der Waals surface area contributed by atoms with E-state index >= 15 is 0 Å². The van der Waals surface area contributed by atoms with E-state index in [0.29, 0.717) is 130 Å². The lowest BCUT2D eigenvalue weighted by molar-refractivity contribution is 0.322. The van der Waals surface area contributed by atoms with Crippen molar-refractivity contribution in [3.63, 3.8) is 0 Å². The molecular formula is C55H57N13O9S5. The Labute approximate surface area is 486 Å². The van der Waals surface area contributed by atoms with Crippen LogP contribution in [0.25, 0.3) is 41.6 Å². The molecule has 9 rings (SSSR count). The van der Waals surface area contributed by atoms with E-state index in [0.717, 1.165) is 34.0 Å². The summed E-state index contributed by atoms with van der Waals surface area (Å²) in [6.07, 6.45) is 0. The van der Waals surface area contributed by atoms with Gasteiger partial charge in [-0.15, -0.1) is 32.9 Å². The van der Waals surface area contributed by atoms with Gasteiger partial charge in [0.15, 0.2) is 5.16 Å². The number of nitrogens with one attached hydrogen (secondary N) is 2. The van der Waals surface area contributed by atoms with Crippen LogP contribution in [0.4, 0.5) is 57.4 Å². The highest BCUT2D eigenvalue weighted by atomic mass is 32.2. The van der Waals surface area contributed by atoms with Crippen LogP contribution in [0, 0.1) is 13.8 Å². The standard InChI is InChI=1S/C55H57N13O9S5/c1-9-67(10-2)43-27-39(41(29-45(43)76-7)65-63-35-19-15-33(16-20-35)51-56-37-23-13-31(5)49(47(37)79-51)81(70,71)72)58-53-60-54(62-55(61-53)78-26-25-69)59-40-28-44(68(11-3)12-4)46(77-8)30-42(40)66-64-36-21-17-34(18-22-36)52-57-38-24-14-32(6)50(48(38)80-52)82(73,74)75/h13-24,27-30,69H,9-12,25-26H2,1-8H3,(H,70,71,72)(H,73,74,75)(H2,58,59,60,61,62). The van der Waals surface area contributed by atoms with Gasteiger partial charge in [-0.1, -0.05) is 23.9 Å². The Morgan fingerprint density at radius 3 is 1.32 bits per heavy atom. The summed E-state index contributed by atoms with van der Waals surface area (Å²) in [5.41, 5.74) is 7.42. The van der Waals surface area contributed by atoms with Gasteiger partial charge in [-0.25, -0.2) is 9.97 Å². The fourth-order valence-electron chi connectivity index (χ4n) is 8.93. The second-order valence-corrected chi connectivity index (χ2v) is 23.9. The highest BCUT2D eigenvalue weighted by molar-refractivity contribution is 7.99. The first-order chi connectivity index (χ1) is 39.4. The van der Waals surface area contributed by atoms with Crippen molar-refractivity contribution in [2.45, 2.75) is 56.5 Å². The second-order valence-electron chi connectivity index (χ2n) is 18.1. The van der Waals surface area contributed by atoms with Crippen molar-refractivity contribution in [3.8, 4) is 32.6 Å². The summed E-state index contributed by atoms with van der Waals surface area (Å²) >= 11 is 3.55. The summed E-state index contributed by atoms with van der Waals surface area (Å²) in [4.78, 5) is 27.6. The van der Waals surface area contributed by atoms with Crippen LogP contribution in [-0.2, 0) is 20.2 Å². The summed E-state index contributed by atoms with van der Waals surface area (Å²) in [6, 6.07) is 28.3. The minimum atomic E-state index is -4.49. The predicted octanol–water partition coefficient (Wildman–Crippen LogP) is 13.6. The molecule has 82 heavy (non-hydrogen) atoms.